The molecule has 0 saturated heterocycles. The summed E-state index contributed by atoms with van der Waals surface area (Å²) in [5.41, 5.74) is 1.07. The smallest absolute Gasteiger partial charge is 0.338 e. The van der Waals surface area contributed by atoms with Crippen molar-refractivity contribution >= 4 is 29.2 Å². The van der Waals surface area contributed by atoms with E-state index >= 15 is 0 Å². The maximum atomic E-state index is 13.4. The van der Waals surface area contributed by atoms with E-state index in [1.54, 1.807) is 6.92 Å². The zero-order valence-corrected chi connectivity index (χ0v) is 13.4. The molecule has 5 nitrogen and oxygen atoms in total. The van der Waals surface area contributed by atoms with Crippen LogP contribution in [0.2, 0.25) is 5.02 Å². The number of rotatable bonds is 4. The van der Waals surface area contributed by atoms with Crippen molar-refractivity contribution in [1.29, 1.82) is 5.26 Å². The van der Waals surface area contributed by atoms with Crippen molar-refractivity contribution in [3.8, 4) is 6.07 Å². The van der Waals surface area contributed by atoms with Gasteiger partial charge in [-0.05, 0) is 42.8 Å². The third-order valence-corrected chi connectivity index (χ3v) is 3.43. The van der Waals surface area contributed by atoms with Crippen LogP contribution in [0.4, 0.5) is 10.1 Å². The first-order valence-electron chi connectivity index (χ1n) is 6.83. The van der Waals surface area contributed by atoms with Gasteiger partial charge >= 0.3 is 5.97 Å². The molecule has 0 bridgehead atoms. The van der Waals surface area contributed by atoms with Crippen LogP contribution < -0.4 is 5.32 Å². The third kappa shape index (κ3) is 4.31. The van der Waals surface area contributed by atoms with Crippen molar-refractivity contribution in [2.24, 2.45) is 0 Å². The van der Waals surface area contributed by atoms with E-state index in [2.05, 4.69) is 5.32 Å². The predicted octanol–water partition coefficient (Wildman–Crippen LogP) is 3.45. The zero-order valence-electron chi connectivity index (χ0n) is 12.6. The van der Waals surface area contributed by atoms with E-state index in [0.29, 0.717) is 11.3 Å². The minimum atomic E-state index is -0.804. The van der Waals surface area contributed by atoms with Gasteiger partial charge in [0, 0.05) is 5.69 Å². The summed E-state index contributed by atoms with van der Waals surface area (Å²) in [6.07, 6.45) is 0. The van der Waals surface area contributed by atoms with Crippen LogP contribution in [-0.4, -0.2) is 18.5 Å². The molecular formula is C17H12ClFN2O3. The van der Waals surface area contributed by atoms with E-state index in [1.807, 2.05) is 6.07 Å². The van der Waals surface area contributed by atoms with Crippen LogP contribution >= 0.6 is 11.6 Å². The first-order chi connectivity index (χ1) is 11.4. The maximum Gasteiger partial charge on any atom is 0.338 e. The third-order valence-electron chi connectivity index (χ3n) is 3.12. The molecule has 1 amide bonds. The predicted molar refractivity (Wildman–Crippen MR) is 86.2 cm³/mol. The van der Waals surface area contributed by atoms with E-state index in [9.17, 15) is 14.0 Å². The highest BCUT2D eigenvalue weighted by Gasteiger charge is 2.12. The number of benzene rings is 2. The Morgan fingerprint density at radius 2 is 2.04 bits per heavy atom. The molecule has 0 aliphatic heterocycles. The van der Waals surface area contributed by atoms with Crippen molar-refractivity contribution in [3.05, 3.63) is 63.9 Å². The SMILES string of the molecule is Cc1ccc(C(=O)OCC(=O)Nc2ccc(C#N)c(Cl)c2)cc1F. The number of aryl methyl sites for hydroxylation is 1. The van der Waals surface area contributed by atoms with E-state index in [-0.39, 0.29) is 16.1 Å². The average Bonchev–Trinajstić information content (AvgIpc) is 2.55. The molecule has 0 saturated carbocycles. The van der Waals surface area contributed by atoms with Gasteiger partial charge in [-0.3, -0.25) is 4.79 Å². The lowest BCUT2D eigenvalue weighted by atomic mass is 10.1. The highest BCUT2D eigenvalue weighted by Crippen LogP contribution is 2.20. The monoisotopic (exact) mass is 346 g/mol. The number of nitriles is 1. The van der Waals surface area contributed by atoms with Crippen molar-refractivity contribution in [2.75, 3.05) is 11.9 Å². The zero-order chi connectivity index (χ0) is 17.7. The van der Waals surface area contributed by atoms with Gasteiger partial charge in [0.2, 0.25) is 0 Å². The standard InChI is InChI=1S/C17H12ClFN2O3/c1-10-2-3-11(6-15(10)19)17(23)24-9-16(22)21-13-5-4-12(8-20)14(18)7-13/h2-7H,9H2,1H3,(H,21,22). The molecule has 2 rings (SSSR count). The highest BCUT2D eigenvalue weighted by molar-refractivity contribution is 6.32. The summed E-state index contributed by atoms with van der Waals surface area (Å²) in [5, 5.41) is 11.4. The van der Waals surface area contributed by atoms with Crippen LogP contribution in [0.5, 0.6) is 0 Å². The Balaban J connectivity index is 1.93. The Morgan fingerprint density at radius 1 is 1.29 bits per heavy atom. The average molecular weight is 347 g/mol. The fourth-order valence-corrected chi connectivity index (χ4v) is 2.04. The lowest BCUT2D eigenvalue weighted by Gasteiger charge is -2.08. The molecule has 2 aromatic carbocycles. The summed E-state index contributed by atoms with van der Waals surface area (Å²) in [7, 11) is 0. The quantitative estimate of drug-likeness (QED) is 0.860. The molecule has 2 aromatic rings. The van der Waals surface area contributed by atoms with Crippen LogP contribution in [0.3, 0.4) is 0 Å². The molecule has 24 heavy (non-hydrogen) atoms. The fraction of sp³-hybridized carbons (Fsp3) is 0.118. The second-order valence-corrected chi connectivity index (χ2v) is 5.30. The second kappa shape index (κ2) is 7.57. The number of nitrogens with one attached hydrogen (secondary N) is 1. The summed E-state index contributed by atoms with van der Waals surface area (Å²) in [6, 6.07) is 10.2. The molecule has 0 fully saturated rings. The summed E-state index contributed by atoms with van der Waals surface area (Å²) in [4.78, 5) is 23.5. The Labute approximate surface area is 142 Å². The van der Waals surface area contributed by atoms with E-state index in [1.165, 1.54) is 30.3 Å². The van der Waals surface area contributed by atoms with Gasteiger partial charge in [0.15, 0.2) is 6.61 Å². The largest absolute Gasteiger partial charge is 0.452 e. The van der Waals surface area contributed by atoms with Crippen LogP contribution in [0.25, 0.3) is 0 Å². The van der Waals surface area contributed by atoms with Gasteiger partial charge in [-0.2, -0.15) is 5.26 Å². The minimum Gasteiger partial charge on any atom is -0.452 e. The van der Waals surface area contributed by atoms with Crippen molar-refractivity contribution < 1.29 is 18.7 Å². The van der Waals surface area contributed by atoms with Crippen LogP contribution in [0.15, 0.2) is 36.4 Å². The number of carbonyl (C=O) groups excluding carboxylic acids is 2. The van der Waals surface area contributed by atoms with Gasteiger partial charge < -0.3 is 10.1 Å². The second-order valence-electron chi connectivity index (χ2n) is 4.89. The lowest BCUT2D eigenvalue weighted by Crippen LogP contribution is -2.21. The van der Waals surface area contributed by atoms with Crippen molar-refractivity contribution in [2.45, 2.75) is 6.92 Å². The molecule has 0 spiro atoms. The normalized spacial score (nSPS) is 9.92. The number of hydrogen-bond acceptors (Lipinski definition) is 4. The molecule has 0 heterocycles. The van der Waals surface area contributed by atoms with Crippen LogP contribution in [-0.2, 0) is 9.53 Å². The van der Waals surface area contributed by atoms with Gasteiger partial charge in [-0.15, -0.1) is 0 Å². The maximum absolute atomic E-state index is 13.4. The van der Waals surface area contributed by atoms with Gasteiger partial charge in [0.05, 0.1) is 16.1 Å². The van der Waals surface area contributed by atoms with Crippen LogP contribution in [0, 0.1) is 24.1 Å². The molecule has 0 aliphatic rings. The van der Waals surface area contributed by atoms with Gasteiger partial charge in [-0.25, -0.2) is 9.18 Å². The Bertz CT molecular complexity index is 846. The van der Waals surface area contributed by atoms with Gasteiger partial charge in [-0.1, -0.05) is 17.7 Å². The molecule has 122 valence electrons. The summed E-state index contributed by atoms with van der Waals surface area (Å²) >= 11 is 5.85. The first-order valence-corrected chi connectivity index (χ1v) is 7.21. The molecule has 1 N–H and O–H groups in total. The summed E-state index contributed by atoms with van der Waals surface area (Å²) in [5.74, 6) is -1.92. The van der Waals surface area contributed by atoms with Crippen LogP contribution in [0.1, 0.15) is 21.5 Å². The molecule has 0 atom stereocenters. The highest BCUT2D eigenvalue weighted by atomic mass is 35.5. The fourth-order valence-electron chi connectivity index (χ4n) is 1.81. The lowest BCUT2D eigenvalue weighted by molar-refractivity contribution is -0.119. The number of carbonyl (C=O) groups is 2. The molecule has 0 aliphatic carbocycles. The Kier molecular flexibility index (Phi) is 5.51. The van der Waals surface area contributed by atoms with E-state index in [4.69, 9.17) is 21.6 Å². The number of ether oxygens (including phenoxy) is 1. The number of esters is 1. The Hall–Kier alpha value is -2.91. The first kappa shape index (κ1) is 17.4. The molecule has 0 unspecified atom stereocenters. The molecular weight excluding hydrogens is 335 g/mol. The molecule has 0 aromatic heterocycles. The number of amides is 1. The molecule has 0 radical (unpaired) electrons. The molecule has 7 heteroatoms. The number of hydrogen-bond donors (Lipinski definition) is 1. The van der Waals surface area contributed by atoms with Crippen molar-refractivity contribution in [3.63, 3.8) is 0 Å². The van der Waals surface area contributed by atoms with Crippen molar-refractivity contribution in [1.82, 2.24) is 0 Å². The van der Waals surface area contributed by atoms with Gasteiger partial charge in [0.25, 0.3) is 5.91 Å². The summed E-state index contributed by atoms with van der Waals surface area (Å²) in [6.45, 7) is 1.03. The topological polar surface area (TPSA) is 79.2 Å². The van der Waals surface area contributed by atoms with Gasteiger partial charge in [0.1, 0.15) is 11.9 Å². The number of nitrogens with zero attached hydrogens (tertiary/aromatic N) is 1. The van der Waals surface area contributed by atoms with E-state index in [0.717, 1.165) is 6.07 Å². The van der Waals surface area contributed by atoms with E-state index < -0.39 is 24.3 Å². The Morgan fingerprint density at radius 3 is 2.67 bits per heavy atom. The number of halogens is 2. The number of anilines is 1. The summed E-state index contributed by atoms with van der Waals surface area (Å²) < 4.78 is 18.2. The minimum absolute atomic E-state index is 0.0207.